The van der Waals surface area contributed by atoms with Gasteiger partial charge in [-0.1, -0.05) is 0 Å². The Morgan fingerprint density at radius 2 is 2.50 bits per heavy atom. The molecule has 1 heterocycles. The zero-order valence-corrected chi connectivity index (χ0v) is 6.61. The lowest BCUT2D eigenvalue weighted by Crippen LogP contribution is -2.16. The largest absolute Gasteiger partial charge is 0.395 e. The second kappa shape index (κ2) is 2.98. The van der Waals surface area contributed by atoms with Gasteiger partial charge in [0, 0.05) is 17.6 Å². The van der Waals surface area contributed by atoms with Crippen LogP contribution in [-0.4, -0.2) is 16.3 Å². The van der Waals surface area contributed by atoms with Gasteiger partial charge in [0.15, 0.2) is 4.80 Å². The molecule has 0 aliphatic rings. The predicted molar refractivity (Wildman–Crippen MR) is 40.0 cm³/mol. The molecule has 4 heteroatoms. The number of hydrogen-bond donors (Lipinski definition) is 2. The zero-order chi connectivity index (χ0) is 7.56. The van der Waals surface area contributed by atoms with Gasteiger partial charge >= 0.3 is 0 Å². The lowest BCUT2D eigenvalue weighted by Gasteiger charge is -1.99. The van der Waals surface area contributed by atoms with Crippen molar-refractivity contribution in [3.8, 4) is 0 Å². The van der Waals surface area contributed by atoms with Gasteiger partial charge in [-0.15, -0.1) is 11.3 Å². The van der Waals surface area contributed by atoms with Crippen LogP contribution in [0.2, 0.25) is 0 Å². The van der Waals surface area contributed by atoms with Crippen LogP contribution in [0.15, 0.2) is 5.38 Å². The Bertz CT molecular complexity index is 263. The number of aliphatic hydroxyl groups excluding tert-OH is 1. The molecule has 0 aliphatic heterocycles. The molecule has 1 aromatic rings. The van der Waals surface area contributed by atoms with Crippen LogP contribution in [0, 0.1) is 12.3 Å². The third-order valence-electron chi connectivity index (χ3n) is 1.34. The highest BCUT2D eigenvalue weighted by Crippen LogP contribution is 1.97. The minimum Gasteiger partial charge on any atom is -0.395 e. The van der Waals surface area contributed by atoms with E-state index in [1.165, 1.54) is 11.3 Å². The van der Waals surface area contributed by atoms with Gasteiger partial charge in [0.05, 0.1) is 6.61 Å². The molecule has 0 fully saturated rings. The fraction of sp³-hybridized carbons (Fsp3) is 0.500. The van der Waals surface area contributed by atoms with Crippen molar-refractivity contribution < 1.29 is 5.11 Å². The van der Waals surface area contributed by atoms with Gasteiger partial charge in [-0.2, -0.15) is 0 Å². The van der Waals surface area contributed by atoms with Crippen LogP contribution in [0.3, 0.4) is 0 Å². The van der Waals surface area contributed by atoms with Crippen LogP contribution in [-0.2, 0) is 6.54 Å². The molecule has 10 heavy (non-hydrogen) atoms. The van der Waals surface area contributed by atoms with E-state index in [4.69, 9.17) is 10.5 Å². The molecule has 56 valence electrons. The highest BCUT2D eigenvalue weighted by Gasteiger charge is 1.96. The SMILES string of the molecule is Cc1csc(=N)n1CCO. The van der Waals surface area contributed by atoms with Gasteiger partial charge in [0.1, 0.15) is 0 Å². The number of aliphatic hydroxyl groups is 1. The monoisotopic (exact) mass is 158 g/mol. The molecule has 3 nitrogen and oxygen atoms in total. The first-order chi connectivity index (χ1) is 4.75. The van der Waals surface area contributed by atoms with Crippen molar-refractivity contribution in [3.63, 3.8) is 0 Å². The predicted octanol–water partition coefficient (Wildman–Crippen LogP) is 0.330. The Morgan fingerprint density at radius 3 is 2.90 bits per heavy atom. The Balaban J connectivity index is 2.99. The number of hydrogen-bond acceptors (Lipinski definition) is 3. The molecule has 0 atom stereocenters. The van der Waals surface area contributed by atoms with Crippen LogP contribution >= 0.6 is 11.3 Å². The van der Waals surface area contributed by atoms with Crippen LogP contribution in [0.25, 0.3) is 0 Å². The fourth-order valence-corrected chi connectivity index (χ4v) is 1.58. The third kappa shape index (κ3) is 1.27. The Labute approximate surface area is 63.1 Å². The Kier molecular flexibility index (Phi) is 2.24. The van der Waals surface area contributed by atoms with Crippen molar-refractivity contribution >= 4 is 11.3 Å². The van der Waals surface area contributed by atoms with Crippen LogP contribution in [0.1, 0.15) is 5.69 Å². The Hall–Kier alpha value is -0.610. The lowest BCUT2D eigenvalue weighted by molar-refractivity contribution is 0.273. The number of nitrogens with one attached hydrogen (secondary N) is 1. The van der Waals surface area contributed by atoms with Crippen molar-refractivity contribution in [2.45, 2.75) is 13.5 Å². The van der Waals surface area contributed by atoms with E-state index < -0.39 is 0 Å². The van der Waals surface area contributed by atoms with Gasteiger partial charge < -0.3 is 9.67 Å². The van der Waals surface area contributed by atoms with E-state index in [1.807, 2.05) is 12.3 Å². The minimum atomic E-state index is 0.105. The first-order valence-electron chi connectivity index (χ1n) is 3.06. The highest BCUT2D eigenvalue weighted by molar-refractivity contribution is 7.07. The summed E-state index contributed by atoms with van der Waals surface area (Å²) >= 11 is 1.39. The topological polar surface area (TPSA) is 49.0 Å². The average Bonchev–Trinajstić information content (AvgIpc) is 2.20. The van der Waals surface area contributed by atoms with Gasteiger partial charge in [0.2, 0.25) is 0 Å². The molecular formula is C6H10N2OS. The summed E-state index contributed by atoms with van der Waals surface area (Å²) in [6, 6.07) is 0. The molecule has 1 aromatic heterocycles. The van der Waals surface area contributed by atoms with E-state index in [0.717, 1.165) is 5.69 Å². The normalized spacial score (nSPS) is 10.2. The van der Waals surface area contributed by atoms with Crippen molar-refractivity contribution in [1.29, 1.82) is 5.41 Å². The number of nitrogens with zero attached hydrogens (tertiary/aromatic N) is 1. The van der Waals surface area contributed by atoms with Gasteiger partial charge in [-0.3, -0.25) is 5.41 Å². The molecule has 0 saturated carbocycles. The zero-order valence-electron chi connectivity index (χ0n) is 5.79. The van der Waals surface area contributed by atoms with E-state index in [1.54, 1.807) is 4.57 Å². The smallest absolute Gasteiger partial charge is 0.182 e. The minimum absolute atomic E-state index is 0.105. The summed E-state index contributed by atoms with van der Waals surface area (Å²) in [4.78, 5) is 0.506. The Morgan fingerprint density at radius 1 is 1.80 bits per heavy atom. The maximum atomic E-state index is 8.59. The van der Waals surface area contributed by atoms with Crippen LogP contribution in [0.4, 0.5) is 0 Å². The van der Waals surface area contributed by atoms with Crippen LogP contribution < -0.4 is 4.80 Å². The summed E-state index contributed by atoms with van der Waals surface area (Å²) in [7, 11) is 0. The van der Waals surface area contributed by atoms with E-state index in [-0.39, 0.29) is 6.61 Å². The summed E-state index contributed by atoms with van der Waals surface area (Å²) in [5.41, 5.74) is 1.05. The number of thiazole rings is 1. The molecule has 0 aliphatic carbocycles. The second-order valence-electron chi connectivity index (χ2n) is 2.06. The van der Waals surface area contributed by atoms with E-state index >= 15 is 0 Å². The standard InChI is InChI=1S/C6H10N2OS/c1-5-4-10-6(7)8(5)2-3-9/h4,7,9H,2-3H2,1H3. The first kappa shape index (κ1) is 7.50. The molecule has 2 N–H and O–H groups in total. The van der Waals surface area contributed by atoms with Gasteiger partial charge in [-0.25, -0.2) is 0 Å². The number of aryl methyl sites for hydroxylation is 1. The third-order valence-corrected chi connectivity index (χ3v) is 2.24. The van der Waals surface area contributed by atoms with Crippen molar-refractivity contribution in [1.82, 2.24) is 4.57 Å². The summed E-state index contributed by atoms with van der Waals surface area (Å²) in [5, 5.41) is 17.9. The summed E-state index contributed by atoms with van der Waals surface area (Å²) in [5.74, 6) is 0. The number of rotatable bonds is 2. The lowest BCUT2D eigenvalue weighted by atomic mass is 10.5. The summed E-state index contributed by atoms with van der Waals surface area (Å²) in [6.07, 6.45) is 0. The average molecular weight is 158 g/mol. The second-order valence-corrected chi connectivity index (χ2v) is 2.92. The summed E-state index contributed by atoms with van der Waals surface area (Å²) < 4.78 is 1.78. The van der Waals surface area contributed by atoms with Crippen molar-refractivity contribution in [3.05, 3.63) is 15.9 Å². The van der Waals surface area contributed by atoms with E-state index in [9.17, 15) is 0 Å². The molecule has 0 aromatic carbocycles. The fourth-order valence-electron chi connectivity index (χ4n) is 0.806. The van der Waals surface area contributed by atoms with Crippen LogP contribution in [0.5, 0.6) is 0 Å². The van der Waals surface area contributed by atoms with E-state index in [2.05, 4.69) is 0 Å². The highest BCUT2D eigenvalue weighted by atomic mass is 32.1. The van der Waals surface area contributed by atoms with Gasteiger partial charge in [-0.05, 0) is 6.92 Å². The van der Waals surface area contributed by atoms with E-state index in [0.29, 0.717) is 11.3 Å². The molecule has 1 rings (SSSR count). The summed E-state index contributed by atoms with van der Waals surface area (Å²) in [6.45, 7) is 2.58. The number of aromatic nitrogens is 1. The maximum absolute atomic E-state index is 8.59. The maximum Gasteiger partial charge on any atom is 0.182 e. The van der Waals surface area contributed by atoms with Crippen molar-refractivity contribution in [2.24, 2.45) is 0 Å². The van der Waals surface area contributed by atoms with Crippen molar-refractivity contribution in [2.75, 3.05) is 6.61 Å². The molecule has 0 amide bonds. The first-order valence-corrected chi connectivity index (χ1v) is 3.94. The molecule has 0 spiro atoms. The molecular weight excluding hydrogens is 148 g/mol. The molecule has 0 unspecified atom stereocenters. The van der Waals surface area contributed by atoms with Gasteiger partial charge in [0.25, 0.3) is 0 Å². The molecule has 0 saturated heterocycles. The molecule has 0 bridgehead atoms. The quantitative estimate of drug-likeness (QED) is 0.640. The molecule has 0 radical (unpaired) electrons.